The number of hydrogen-bond acceptors (Lipinski definition) is 8. The lowest BCUT2D eigenvalue weighted by atomic mass is 10.2. The van der Waals surface area contributed by atoms with Gasteiger partial charge < -0.3 is 14.2 Å². The Hall–Kier alpha value is -4.73. The van der Waals surface area contributed by atoms with Crippen molar-refractivity contribution >= 4 is 23.8 Å². The Morgan fingerprint density at radius 3 is 2.47 bits per heavy atom. The molecule has 10 heteroatoms. The third-order valence-corrected chi connectivity index (χ3v) is 4.50. The van der Waals surface area contributed by atoms with Gasteiger partial charge in [0.05, 0.1) is 30.4 Å². The van der Waals surface area contributed by atoms with E-state index in [9.17, 15) is 19.7 Å². The number of hydrogen-bond donors (Lipinski definition) is 1. The molecule has 0 aromatic heterocycles. The first-order valence-electron chi connectivity index (χ1n) is 10.1. The Labute approximate surface area is 194 Å². The average molecular weight is 463 g/mol. The van der Waals surface area contributed by atoms with Crippen LogP contribution in [0.3, 0.4) is 0 Å². The predicted molar refractivity (Wildman–Crippen MR) is 124 cm³/mol. The number of esters is 1. The van der Waals surface area contributed by atoms with Gasteiger partial charge in [0, 0.05) is 17.7 Å². The van der Waals surface area contributed by atoms with Gasteiger partial charge in [0.25, 0.3) is 11.6 Å². The van der Waals surface area contributed by atoms with Crippen molar-refractivity contribution in [3.63, 3.8) is 0 Å². The average Bonchev–Trinajstić information content (AvgIpc) is 2.85. The van der Waals surface area contributed by atoms with E-state index in [1.165, 1.54) is 43.7 Å². The quantitative estimate of drug-likeness (QED) is 0.167. The highest BCUT2D eigenvalue weighted by Gasteiger charge is 2.15. The van der Waals surface area contributed by atoms with E-state index in [2.05, 4.69) is 10.5 Å². The molecule has 0 spiro atoms. The molecule has 3 rings (SSSR count). The molecule has 3 aromatic carbocycles. The highest BCUT2D eigenvalue weighted by molar-refractivity contribution is 5.95. The van der Waals surface area contributed by atoms with Crippen molar-refractivity contribution in [1.29, 1.82) is 0 Å². The minimum absolute atomic E-state index is 0.131. The molecule has 3 aromatic rings. The molecule has 1 amide bonds. The third kappa shape index (κ3) is 6.16. The van der Waals surface area contributed by atoms with E-state index in [4.69, 9.17) is 14.2 Å². The molecule has 0 atom stereocenters. The molecule has 0 aliphatic rings. The summed E-state index contributed by atoms with van der Waals surface area (Å²) in [6.07, 6.45) is 1.42. The van der Waals surface area contributed by atoms with Gasteiger partial charge in [0.1, 0.15) is 5.75 Å². The van der Waals surface area contributed by atoms with Crippen molar-refractivity contribution in [3.05, 3.63) is 93.5 Å². The number of nitrogens with one attached hydrogen (secondary N) is 1. The molecule has 0 radical (unpaired) electrons. The van der Waals surface area contributed by atoms with E-state index in [1.54, 1.807) is 43.3 Å². The number of carbonyl (C=O) groups excluding carboxylic acids is 2. The zero-order valence-electron chi connectivity index (χ0n) is 18.4. The highest BCUT2D eigenvalue weighted by Crippen LogP contribution is 2.29. The number of nitro groups is 1. The maximum absolute atomic E-state index is 12.4. The van der Waals surface area contributed by atoms with Crippen LogP contribution >= 0.6 is 0 Å². The van der Waals surface area contributed by atoms with Gasteiger partial charge in [-0.25, -0.2) is 10.2 Å². The fourth-order valence-electron chi connectivity index (χ4n) is 2.83. The topological polar surface area (TPSA) is 129 Å². The molecule has 0 unspecified atom stereocenters. The van der Waals surface area contributed by atoms with Gasteiger partial charge in [-0.3, -0.25) is 14.9 Å². The predicted octanol–water partition coefficient (Wildman–Crippen LogP) is 3.99. The highest BCUT2D eigenvalue weighted by atomic mass is 16.6. The molecule has 0 saturated carbocycles. The number of carbonyl (C=O) groups is 2. The molecule has 1 N–H and O–H groups in total. The van der Waals surface area contributed by atoms with Gasteiger partial charge >= 0.3 is 5.97 Å². The maximum Gasteiger partial charge on any atom is 0.343 e. The Morgan fingerprint density at radius 1 is 1.03 bits per heavy atom. The molecular formula is C24H21N3O7. The molecule has 0 aliphatic carbocycles. The number of nitro benzene ring substituents is 1. The summed E-state index contributed by atoms with van der Waals surface area (Å²) in [5.41, 5.74) is 3.43. The summed E-state index contributed by atoms with van der Waals surface area (Å²) in [6, 6.07) is 16.5. The second kappa shape index (κ2) is 11.2. The van der Waals surface area contributed by atoms with Crippen LogP contribution in [0.15, 0.2) is 71.8 Å². The number of hydrazone groups is 1. The van der Waals surface area contributed by atoms with Crippen molar-refractivity contribution < 1.29 is 28.7 Å². The number of amides is 1. The SMILES string of the molecule is CCOc1cc(/C=N/NC(=O)c2cccc(OC)c2)ccc1OC(=O)c1ccc([N+](=O)[O-])cc1. The van der Waals surface area contributed by atoms with Crippen LogP contribution in [-0.2, 0) is 0 Å². The molecule has 34 heavy (non-hydrogen) atoms. The summed E-state index contributed by atoms with van der Waals surface area (Å²) in [5.74, 6) is -0.0860. The Morgan fingerprint density at radius 2 is 1.79 bits per heavy atom. The standard InChI is InChI=1S/C24H21N3O7/c1-3-33-22-13-16(15-25-26-23(28)18-5-4-6-20(14-18)32-2)7-12-21(22)34-24(29)17-8-10-19(11-9-17)27(30)31/h4-15H,3H2,1-2H3,(H,26,28)/b25-15+. The van der Waals surface area contributed by atoms with Gasteiger partial charge in [-0.05, 0) is 61.0 Å². The maximum atomic E-state index is 12.4. The Bertz CT molecular complexity index is 1220. The van der Waals surface area contributed by atoms with Crippen molar-refractivity contribution in [3.8, 4) is 17.2 Å². The number of nitrogens with zero attached hydrogens (tertiary/aromatic N) is 2. The fourth-order valence-corrected chi connectivity index (χ4v) is 2.83. The van der Waals surface area contributed by atoms with Gasteiger partial charge in [0.2, 0.25) is 0 Å². The molecule has 0 saturated heterocycles. The largest absolute Gasteiger partial charge is 0.497 e. The molecule has 10 nitrogen and oxygen atoms in total. The summed E-state index contributed by atoms with van der Waals surface area (Å²) in [6.45, 7) is 2.09. The minimum atomic E-state index is -0.692. The second-order valence-corrected chi connectivity index (χ2v) is 6.76. The Kier molecular flexibility index (Phi) is 7.90. The molecule has 0 bridgehead atoms. The third-order valence-electron chi connectivity index (χ3n) is 4.50. The summed E-state index contributed by atoms with van der Waals surface area (Å²) in [5, 5.41) is 14.7. The lowest BCUT2D eigenvalue weighted by Crippen LogP contribution is -2.17. The number of ether oxygens (including phenoxy) is 3. The molecular weight excluding hydrogens is 442 g/mol. The normalized spacial score (nSPS) is 10.5. The van der Waals surface area contributed by atoms with Crippen LogP contribution in [0.2, 0.25) is 0 Å². The smallest absolute Gasteiger partial charge is 0.343 e. The van der Waals surface area contributed by atoms with Gasteiger partial charge in [-0.15, -0.1) is 0 Å². The van der Waals surface area contributed by atoms with Crippen LogP contribution < -0.4 is 19.6 Å². The van der Waals surface area contributed by atoms with Gasteiger partial charge in [-0.1, -0.05) is 6.07 Å². The zero-order valence-corrected chi connectivity index (χ0v) is 18.4. The van der Waals surface area contributed by atoms with Crippen LogP contribution in [-0.4, -0.2) is 36.7 Å². The van der Waals surface area contributed by atoms with Gasteiger partial charge in [0.15, 0.2) is 11.5 Å². The molecule has 0 fully saturated rings. The summed E-state index contributed by atoms with van der Waals surface area (Å²) in [7, 11) is 1.51. The van der Waals surface area contributed by atoms with Crippen LogP contribution in [0, 0.1) is 10.1 Å². The molecule has 174 valence electrons. The Balaban J connectivity index is 1.69. The van der Waals surface area contributed by atoms with Crippen molar-refractivity contribution in [2.24, 2.45) is 5.10 Å². The van der Waals surface area contributed by atoms with E-state index in [1.807, 2.05) is 0 Å². The molecule has 0 heterocycles. The monoisotopic (exact) mass is 463 g/mol. The molecule has 0 aliphatic heterocycles. The lowest BCUT2D eigenvalue weighted by Gasteiger charge is -2.11. The zero-order chi connectivity index (χ0) is 24.5. The number of rotatable bonds is 9. The summed E-state index contributed by atoms with van der Waals surface area (Å²) in [4.78, 5) is 34.9. The number of benzene rings is 3. The van der Waals surface area contributed by atoms with E-state index >= 15 is 0 Å². The lowest BCUT2D eigenvalue weighted by molar-refractivity contribution is -0.384. The first-order chi connectivity index (χ1) is 16.4. The first-order valence-corrected chi connectivity index (χ1v) is 10.1. The second-order valence-electron chi connectivity index (χ2n) is 6.76. The van der Waals surface area contributed by atoms with E-state index in [0.717, 1.165) is 0 Å². The van der Waals surface area contributed by atoms with Crippen LogP contribution in [0.5, 0.6) is 17.2 Å². The van der Waals surface area contributed by atoms with Crippen molar-refractivity contribution in [2.45, 2.75) is 6.92 Å². The van der Waals surface area contributed by atoms with E-state index < -0.39 is 16.8 Å². The van der Waals surface area contributed by atoms with Gasteiger partial charge in [-0.2, -0.15) is 5.10 Å². The van der Waals surface area contributed by atoms with Crippen LogP contribution in [0.4, 0.5) is 5.69 Å². The summed E-state index contributed by atoms with van der Waals surface area (Å²) < 4.78 is 16.1. The van der Waals surface area contributed by atoms with Crippen LogP contribution in [0.25, 0.3) is 0 Å². The van der Waals surface area contributed by atoms with Crippen molar-refractivity contribution in [1.82, 2.24) is 5.43 Å². The van der Waals surface area contributed by atoms with Crippen molar-refractivity contribution in [2.75, 3.05) is 13.7 Å². The van der Waals surface area contributed by atoms with E-state index in [0.29, 0.717) is 29.2 Å². The number of non-ortho nitro benzene ring substituents is 1. The number of methoxy groups -OCH3 is 1. The first kappa shape index (κ1) is 23.9. The minimum Gasteiger partial charge on any atom is -0.497 e. The van der Waals surface area contributed by atoms with Crippen LogP contribution in [0.1, 0.15) is 33.2 Å². The van der Waals surface area contributed by atoms with E-state index in [-0.39, 0.29) is 17.0 Å². The summed E-state index contributed by atoms with van der Waals surface area (Å²) >= 11 is 0. The fraction of sp³-hybridized carbons (Fsp3) is 0.125.